The number of hydrogen-bond donors (Lipinski definition) is 1. The van der Waals surface area contributed by atoms with Crippen molar-refractivity contribution in [1.82, 2.24) is 9.80 Å². The van der Waals surface area contributed by atoms with Crippen molar-refractivity contribution >= 4 is 51.8 Å². The number of alkyl halides is 3. The van der Waals surface area contributed by atoms with Gasteiger partial charge in [-0.05, 0) is 49.9 Å². The third-order valence-corrected chi connectivity index (χ3v) is 8.27. The largest absolute Gasteiger partial charge is 0.460 e. The Morgan fingerprint density at radius 1 is 1.10 bits per heavy atom. The predicted octanol–water partition coefficient (Wildman–Crippen LogP) is 6.75. The molecule has 3 aromatic rings. The van der Waals surface area contributed by atoms with Gasteiger partial charge in [0.1, 0.15) is 16.9 Å². The number of hydrogen-bond acceptors (Lipinski definition) is 8. The molecule has 2 aromatic carbocycles. The lowest BCUT2D eigenvalue weighted by Crippen LogP contribution is -2.52. The Bertz CT molecular complexity index is 1440. The minimum atomic E-state index is -4.84. The standard InChI is InChI=1S/C28H29Cl2F3N4O5/c29-17-11-24(30)22-14-21(41-26(22)12-17)15-35-7-9-36(10-8-35)27(16-38)42-20-4-1-18(2-5-20)34-19-3-6-25(37(39)40)23(13-19)28(31,32)33/h3,6,11-14,16,18,20,27,34H,1-2,4-5,7-10,15H2. The van der Waals surface area contributed by atoms with E-state index >= 15 is 0 Å². The quantitative estimate of drug-likeness (QED) is 0.158. The highest BCUT2D eigenvalue weighted by molar-refractivity contribution is 6.38. The first-order valence-electron chi connectivity index (χ1n) is 13.6. The fourth-order valence-corrected chi connectivity index (χ4v) is 6.11. The molecule has 1 aromatic heterocycles. The summed E-state index contributed by atoms with van der Waals surface area (Å²) >= 11 is 12.3. The summed E-state index contributed by atoms with van der Waals surface area (Å²) < 4.78 is 52.0. The molecule has 1 N–H and O–H groups in total. The number of furan rings is 1. The lowest BCUT2D eigenvalue weighted by molar-refractivity contribution is -0.388. The van der Waals surface area contributed by atoms with Crippen molar-refractivity contribution < 1.29 is 32.0 Å². The van der Waals surface area contributed by atoms with Crippen molar-refractivity contribution in [2.24, 2.45) is 0 Å². The number of benzene rings is 2. The van der Waals surface area contributed by atoms with Gasteiger partial charge in [-0.2, -0.15) is 13.2 Å². The smallest absolute Gasteiger partial charge is 0.423 e. The number of aldehydes is 1. The van der Waals surface area contributed by atoms with Crippen LogP contribution in [0.15, 0.2) is 40.8 Å². The SMILES string of the molecule is O=CC(OC1CCC(Nc2ccc([N+](=O)[O-])c(C(F)(F)F)c2)CC1)N1CCN(Cc2cc3c(Cl)cc(Cl)cc3o2)CC1. The molecular formula is C28H29Cl2F3N4O5. The summed E-state index contributed by atoms with van der Waals surface area (Å²) in [5.41, 5.74) is -1.44. The van der Waals surface area contributed by atoms with E-state index in [2.05, 4.69) is 10.2 Å². The molecular weight excluding hydrogens is 600 g/mol. The maximum absolute atomic E-state index is 13.3. The number of nitro benzene ring substituents is 1. The Kier molecular flexibility index (Phi) is 9.28. The van der Waals surface area contributed by atoms with Crippen LogP contribution < -0.4 is 5.32 Å². The molecule has 1 aliphatic heterocycles. The summed E-state index contributed by atoms with van der Waals surface area (Å²) in [6, 6.07) is 8.15. The average Bonchev–Trinajstić information content (AvgIpc) is 3.35. The second-order valence-corrected chi connectivity index (χ2v) is 11.4. The van der Waals surface area contributed by atoms with E-state index in [1.165, 1.54) is 6.07 Å². The second kappa shape index (κ2) is 12.8. The topological polar surface area (TPSA) is 101 Å². The van der Waals surface area contributed by atoms with Crippen molar-refractivity contribution in [3.05, 3.63) is 67.9 Å². The van der Waals surface area contributed by atoms with Gasteiger partial charge in [0.05, 0.1) is 22.6 Å². The third kappa shape index (κ3) is 7.17. The van der Waals surface area contributed by atoms with Crippen molar-refractivity contribution in [2.45, 2.75) is 56.8 Å². The van der Waals surface area contributed by atoms with Crippen LogP contribution in [0.2, 0.25) is 10.0 Å². The van der Waals surface area contributed by atoms with Gasteiger partial charge in [0.2, 0.25) is 0 Å². The van der Waals surface area contributed by atoms with Crippen LogP contribution in [0.4, 0.5) is 24.5 Å². The van der Waals surface area contributed by atoms with Gasteiger partial charge in [0.25, 0.3) is 5.69 Å². The molecule has 1 saturated heterocycles. The summed E-state index contributed by atoms with van der Waals surface area (Å²) in [4.78, 5) is 26.1. The Labute approximate surface area is 249 Å². The summed E-state index contributed by atoms with van der Waals surface area (Å²) in [6.07, 6.45) is -2.38. The lowest BCUT2D eigenvalue weighted by atomic mass is 9.92. The Morgan fingerprint density at radius 3 is 2.45 bits per heavy atom. The highest BCUT2D eigenvalue weighted by Crippen LogP contribution is 2.38. The first-order valence-corrected chi connectivity index (χ1v) is 14.3. The fraction of sp³-hybridized carbons (Fsp3) is 0.464. The molecule has 14 heteroatoms. The average molecular weight is 629 g/mol. The zero-order valence-electron chi connectivity index (χ0n) is 22.4. The molecule has 0 spiro atoms. The Hall–Kier alpha value is -2.90. The summed E-state index contributed by atoms with van der Waals surface area (Å²) in [7, 11) is 0. The number of nitrogens with one attached hydrogen (secondary N) is 1. The van der Waals surface area contributed by atoms with Gasteiger partial charge < -0.3 is 14.5 Å². The van der Waals surface area contributed by atoms with Gasteiger partial charge in [0.15, 0.2) is 12.5 Å². The molecule has 0 radical (unpaired) electrons. The number of piperazine rings is 1. The van der Waals surface area contributed by atoms with Crippen LogP contribution in [0.1, 0.15) is 37.0 Å². The molecule has 0 amide bonds. The van der Waals surface area contributed by atoms with Gasteiger partial charge in [-0.3, -0.25) is 24.7 Å². The minimum absolute atomic E-state index is 0.116. The van der Waals surface area contributed by atoms with E-state index in [0.29, 0.717) is 74.0 Å². The monoisotopic (exact) mass is 628 g/mol. The van der Waals surface area contributed by atoms with Gasteiger partial charge in [0, 0.05) is 60.4 Å². The summed E-state index contributed by atoms with van der Waals surface area (Å²) in [5, 5.41) is 15.9. The molecule has 1 atom stereocenters. The van der Waals surface area contributed by atoms with Crippen LogP contribution in [-0.4, -0.2) is 65.6 Å². The number of ether oxygens (including phenoxy) is 1. The van der Waals surface area contributed by atoms with E-state index < -0.39 is 28.6 Å². The molecule has 226 valence electrons. The van der Waals surface area contributed by atoms with Crippen molar-refractivity contribution in [1.29, 1.82) is 0 Å². The van der Waals surface area contributed by atoms with Gasteiger partial charge in [-0.15, -0.1) is 0 Å². The summed E-state index contributed by atoms with van der Waals surface area (Å²) in [6.45, 7) is 3.29. The molecule has 1 aliphatic carbocycles. The highest BCUT2D eigenvalue weighted by Gasteiger charge is 2.38. The number of nitrogens with zero attached hydrogens (tertiary/aromatic N) is 3. The number of anilines is 1. The second-order valence-electron chi connectivity index (χ2n) is 10.6. The normalized spacial score (nSPS) is 21.4. The van der Waals surface area contributed by atoms with E-state index in [9.17, 15) is 28.1 Å². The van der Waals surface area contributed by atoms with E-state index in [1.54, 1.807) is 12.1 Å². The molecule has 2 aliphatic rings. The number of halogens is 5. The molecule has 1 unspecified atom stereocenters. The van der Waals surface area contributed by atoms with E-state index in [1.807, 2.05) is 11.0 Å². The van der Waals surface area contributed by atoms with E-state index in [-0.39, 0.29) is 17.8 Å². The maximum Gasteiger partial charge on any atom is 0.423 e. The number of rotatable bonds is 9. The first kappa shape index (κ1) is 30.6. The molecule has 2 heterocycles. The molecule has 1 saturated carbocycles. The highest BCUT2D eigenvalue weighted by atomic mass is 35.5. The Morgan fingerprint density at radius 2 is 1.81 bits per heavy atom. The van der Waals surface area contributed by atoms with Gasteiger partial charge in [-0.25, -0.2) is 0 Å². The molecule has 5 rings (SSSR count). The molecule has 2 fully saturated rings. The zero-order valence-corrected chi connectivity index (χ0v) is 23.9. The van der Waals surface area contributed by atoms with Crippen LogP contribution in [0.25, 0.3) is 11.0 Å². The Balaban J connectivity index is 1.09. The molecule has 9 nitrogen and oxygen atoms in total. The molecule has 42 heavy (non-hydrogen) atoms. The number of fused-ring (bicyclic) bond motifs is 1. The van der Waals surface area contributed by atoms with Crippen LogP contribution in [0, 0.1) is 10.1 Å². The van der Waals surface area contributed by atoms with Crippen LogP contribution in [0.5, 0.6) is 0 Å². The van der Waals surface area contributed by atoms with Gasteiger partial charge in [-0.1, -0.05) is 23.2 Å². The molecule has 0 bridgehead atoms. The number of carbonyl (C=O) groups excluding carboxylic acids is 1. The van der Waals surface area contributed by atoms with E-state index in [4.69, 9.17) is 32.4 Å². The lowest BCUT2D eigenvalue weighted by Gasteiger charge is -2.39. The minimum Gasteiger partial charge on any atom is -0.460 e. The first-order chi connectivity index (χ1) is 20.0. The van der Waals surface area contributed by atoms with Crippen molar-refractivity contribution in [2.75, 3.05) is 31.5 Å². The van der Waals surface area contributed by atoms with Crippen molar-refractivity contribution in [3.63, 3.8) is 0 Å². The number of nitro groups is 1. The maximum atomic E-state index is 13.3. The van der Waals surface area contributed by atoms with Crippen LogP contribution >= 0.6 is 23.2 Å². The predicted molar refractivity (Wildman–Crippen MR) is 152 cm³/mol. The van der Waals surface area contributed by atoms with Crippen molar-refractivity contribution in [3.8, 4) is 0 Å². The summed E-state index contributed by atoms with van der Waals surface area (Å²) in [5.74, 6) is 0.777. The van der Waals surface area contributed by atoms with Crippen LogP contribution in [0.3, 0.4) is 0 Å². The van der Waals surface area contributed by atoms with Crippen LogP contribution in [-0.2, 0) is 22.3 Å². The van der Waals surface area contributed by atoms with E-state index in [0.717, 1.165) is 29.6 Å². The fourth-order valence-electron chi connectivity index (χ4n) is 5.58. The zero-order chi connectivity index (χ0) is 30.0. The third-order valence-electron chi connectivity index (χ3n) is 7.74. The number of carbonyl (C=O) groups is 1. The van der Waals surface area contributed by atoms with Gasteiger partial charge >= 0.3 is 6.18 Å².